The number of carbonyl (C=O) groups excluding carboxylic acids is 2. The predicted octanol–water partition coefficient (Wildman–Crippen LogP) is 17.4. The molecule has 0 aromatic rings. The Balaban J connectivity index is 0.000000149. The summed E-state index contributed by atoms with van der Waals surface area (Å²) in [5, 5.41) is 30.5. The molecule has 0 saturated heterocycles. The van der Waals surface area contributed by atoms with Gasteiger partial charge in [0.2, 0.25) is 0 Å². The molecule has 12 aliphatic rings. The van der Waals surface area contributed by atoms with Crippen LogP contribution in [0.1, 0.15) is 269 Å². The van der Waals surface area contributed by atoms with E-state index in [2.05, 4.69) is 76.2 Å². The van der Waals surface area contributed by atoms with E-state index in [-0.39, 0.29) is 35.4 Å². The summed E-state index contributed by atoms with van der Waals surface area (Å²) in [5.41, 5.74) is 2.31. The zero-order valence-corrected chi connectivity index (χ0v) is 59.7. The summed E-state index contributed by atoms with van der Waals surface area (Å²) in [6, 6.07) is 0. The van der Waals surface area contributed by atoms with E-state index < -0.39 is 5.97 Å². The van der Waals surface area contributed by atoms with Gasteiger partial charge in [-0.25, -0.2) is 0 Å². The van der Waals surface area contributed by atoms with Crippen LogP contribution in [0.4, 0.5) is 0 Å². The highest BCUT2D eigenvalue weighted by atomic mass is 16.7. The van der Waals surface area contributed by atoms with Crippen molar-refractivity contribution in [3.05, 3.63) is 0 Å². The molecular formula is C79H134O11. The van der Waals surface area contributed by atoms with E-state index in [1.54, 1.807) is 14.2 Å². The van der Waals surface area contributed by atoms with Crippen molar-refractivity contribution < 1.29 is 53.4 Å². The SMILES string of the molecule is COCO[C@@H]1C[C@@H]2C[C@H](C)CC[C@]2(C)[C@H]2CC[C@]3(C)[C@@H]([C@H](C)CCC(=O)OC)CC[C@H]3[C@H]12.COCO[C@@H]1C[C@@H]2C[C@H](C)CC[C@]2(C)[C@H]2CC[C@]3(C)[C@@H]([C@H](C)CCC=O)CC[C@H]3[C@H]12.C[C@H](CCC(=O)O)[C@H]1CC[C@H]2[C@@H]3[C@H](O)C[C@@H]4C[C@H](O)CC[C@]4(C)[C@H]3CC[C@]12C. The van der Waals surface area contributed by atoms with E-state index in [1.807, 2.05) is 0 Å². The quantitative estimate of drug-likeness (QED) is 0.0681. The first-order valence-corrected chi connectivity index (χ1v) is 38.0. The van der Waals surface area contributed by atoms with Gasteiger partial charge in [0.25, 0.3) is 0 Å². The second kappa shape index (κ2) is 28.8. The first-order chi connectivity index (χ1) is 42.8. The number of ether oxygens (including phenoxy) is 5. The maximum Gasteiger partial charge on any atom is 0.305 e. The minimum atomic E-state index is -0.684. The van der Waals surface area contributed by atoms with Crippen molar-refractivity contribution >= 4 is 18.2 Å². The number of aliphatic carboxylic acids is 1. The summed E-state index contributed by atoms with van der Waals surface area (Å²) < 4.78 is 28.7. The fourth-order valence-corrected chi connectivity index (χ4v) is 27.3. The van der Waals surface area contributed by atoms with Gasteiger partial charge in [-0.1, -0.05) is 89.0 Å². The fourth-order valence-electron chi connectivity index (χ4n) is 27.3. The van der Waals surface area contributed by atoms with Crippen molar-refractivity contribution in [3.63, 3.8) is 0 Å². The highest BCUT2D eigenvalue weighted by molar-refractivity contribution is 5.69. The Hall–Kier alpha value is -1.63. The van der Waals surface area contributed by atoms with Gasteiger partial charge in [-0.15, -0.1) is 0 Å². The van der Waals surface area contributed by atoms with Crippen LogP contribution in [-0.4, -0.2) is 92.9 Å². The van der Waals surface area contributed by atoms with Crippen LogP contribution in [0.5, 0.6) is 0 Å². The Morgan fingerprint density at radius 3 is 1.27 bits per heavy atom. The Kier molecular flexibility index (Phi) is 22.8. The lowest BCUT2D eigenvalue weighted by Gasteiger charge is -2.63. The normalized spacial score (nSPS) is 49.0. The van der Waals surface area contributed by atoms with Crippen molar-refractivity contribution in [1.82, 2.24) is 0 Å². The number of fused-ring (bicyclic) bond motifs is 15. The number of carboxylic acid groups (broad SMARTS) is 1. The lowest BCUT2D eigenvalue weighted by molar-refractivity contribution is -0.204. The average Bonchev–Trinajstić information content (AvgIpc) is 1.30. The van der Waals surface area contributed by atoms with Gasteiger partial charge in [-0.2, -0.15) is 0 Å². The van der Waals surface area contributed by atoms with Gasteiger partial charge >= 0.3 is 11.9 Å². The molecule has 90 heavy (non-hydrogen) atoms. The summed E-state index contributed by atoms with van der Waals surface area (Å²) in [4.78, 5) is 33.8. The van der Waals surface area contributed by atoms with Crippen LogP contribution in [-0.2, 0) is 38.1 Å². The topological polar surface area (TPSA) is 158 Å². The van der Waals surface area contributed by atoms with Crippen molar-refractivity contribution in [2.45, 2.75) is 293 Å². The molecular weight excluding hydrogens is 1120 g/mol. The molecule has 0 spiro atoms. The van der Waals surface area contributed by atoms with E-state index >= 15 is 0 Å². The number of carbonyl (C=O) groups is 3. The third-order valence-electron chi connectivity index (χ3n) is 32.2. The van der Waals surface area contributed by atoms with E-state index in [1.165, 1.54) is 136 Å². The first-order valence-electron chi connectivity index (χ1n) is 38.0. The van der Waals surface area contributed by atoms with E-state index in [9.17, 15) is 24.6 Å². The molecule has 12 aliphatic carbocycles. The zero-order chi connectivity index (χ0) is 64.9. The highest BCUT2D eigenvalue weighted by Gasteiger charge is 2.67. The molecule has 30 atom stereocenters. The maximum absolute atomic E-state index is 11.8. The van der Waals surface area contributed by atoms with Crippen LogP contribution in [0.25, 0.3) is 0 Å². The van der Waals surface area contributed by atoms with Gasteiger partial charge in [-0.05, 0) is 311 Å². The average molecular weight is 1260 g/mol. The molecule has 0 radical (unpaired) electrons. The van der Waals surface area contributed by atoms with Gasteiger partial charge in [-0.3, -0.25) is 9.59 Å². The Morgan fingerprint density at radius 1 is 0.467 bits per heavy atom. The monoisotopic (exact) mass is 1260 g/mol. The standard InChI is InChI=1S/C28H48O4.C27H46O3.C24H40O4/c1-18-11-13-27(3)20(15-18)16-24(32-17-30-5)26-22-9-8-21(19(2)7-10-25(29)31-6)28(22,4)14-12-23(26)27;1-18-10-12-26(3)20(15-18)16-24(30-17-29-5)25-22-9-8-21(19(2)7-6-14-28)27(22,4)13-11-23(25)26;1-14(4-7-21(27)28)17-5-6-18-22-19(9-11-24(17,18)3)23(2)10-8-16(25)12-15(23)13-20(22)26/h18-24,26H,7-17H2,1-6H3;14,18-25H,6-13,15-17H2,1-5H3;14-20,22,25-26H,4-13H2,1-3H3,(H,27,28)/t18-,19-,20+,21-,22+,23+,24-,26+,27+,28-;18-,19-,20+,21-,22+,23+,24-,25+,26+,27-;14-,15+,16-,17-,18+,19+,20-,22+,23+,24-/m111/s1. The lowest BCUT2D eigenvalue weighted by atomic mass is 9.43. The molecule has 12 rings (SSSR count). The third kappa shape index (κ3) is 13.3. The smallest absolute Gasteiger partial charge is 0.305 e. The predicted molar refractivity (Wildman–Crippen MR) is 357 cm³/mol. The van der Waals surface area contributed by atoms with Gasteiger partial charge < -0.3 is 43.8 Å². The van der Waals surface area contributed by atoms with Crippen LogP contribution >= 0.6 is 0 Å². The summed E-state index contributed by atoms with van der Waals surface area (Å²) in [5.74, 6) is 12.8. The molecule has 516 valence electrons. The van der Waals surface area contributed by atoms with Gasteiger partial charge in [0.1, 0.15) is 19.9 Å². The van der Waals surface area contributed by atoms with Crippen LogP contribution < -0.4 is 0 Å². The number of carboxylic acids is 1. The van der Waals surface area contributed by atoms with Crippen LogP contribution in [0.3, 0.4) is 0 Å². The molecule has 0 amide bonds. The molecule has 0 unspecified atom stereocenters. The molecule has 0 bridgehead atoms. The third-order valence-corrected chi connectivity index (χ3v) is 32.2. The molecule has 0 aliphatic heterocycles. The Morgan fingerprint density at radius 2 is 0.844 bits per heavy atom. The van der Waals surface area contributed by atoms with Crippen molar-refractivity contribution in [2.24, 2.45) is 151 Å². The molecule has 0 heterocycles. The van der Waals surface area contributed by atoms with Crippen molar-refractivity contribution in [1.29, 1.82) is 0 Å². The molecule has 11 nitrogen and oxygen atoms in total. The number of aldehydes is 1. The molecule has 12 fully saturated rings. The molecule has 0 aromatic heterocycles. The first kappa shape index (κ1) is 71.2. The summed E-state index contributed by atoms with van der Waals surface area (Å²) in [7, 11) is 5.02. The van der Waals surface area contributed by atoms with Crippen molar-refractivity contribution in [3.8, 4) is 0 Å². The van der Waals surface area contributed by atoms with Crippen molar-refractivity contribution in [2.75, 3.05) is 34.9 Å². The number of aliphatic hydroxyl groups excluding tert-OH is 2. The molecule has 3 N–H and O–H groups in total. The molecule has 0 aromatic carbocycles. The number of methoxy groups -OCH3 is 3. The van der Waals surface area contributed by atoms with Gasteiger partial charge in [0.15, 0.2) is 0 Å². The number of rotatable bonds is 18. The number of hydrogen-bond acceptors (Lipinski definition) is 10. The maximum atomic E-state index is 11.8. The zero-order valence-electron chi connectivity index (χ0n) is 59.7. The molecule has 12 saturated carbocycles. The fraction of sp³-hybridized carbons (Fsp3) is 0.962. The number of esters is 1. The second-order valence-electron chi connectivity index (χ2n) is 36.1. The van der Waals surface area contributed by atoms with Crippen LogP contribution in [0.2, 0.25) is 0 Å². The minimum Gasteiger partial charge on any atom is -0.481 e. The Labute approximate surface area is 548 Å². The number of aliphatic hydroxyl groups is 2. The number of hydrogen-bond donors (Lipinski definition) is 3. The van der Waals surface area contributed by atoms with Crippen LogP contribution in [0, 0.1) is 151 Å². The van der Waals surface area contributed by atoms with E-state index in [4.69, 9.17) is 28.8 Å². The summed E-state index contributed by atoms with van der Waals surface area (Å²) >= 11 is 0. The largest absolute Gasteiger partial charge is 0.481 e. The highest BCUT2D eigenvalue weighted by Crippen LogP contribution is 2.73. The van der Waals surface area contributed by atoms with E-state index in [0.29, 0.717) is 119 Å². The minimum absolute atomic E-state index is 0.0638. The summed E-state index contributed by atoms with van der Waals surface area (Å²) in [6.45, 7) is 28.2. The van der Waals surface area contributed by atoms with E-state index in [0.717, 1.165) is 111 Å². The van der Waals surface area contributed by atoms with Crippen LogP contribution in [0.15, 0.2) is 0 Å². The van der Waals surface area contributed by atoms with Gasteiger partial charge in [0, 0.05) is 33.5 Å². The Bertz CT molecular complexity index is 2380. The van der Waals surface area contributed by atoms with Gasteiger partial charge in [0.05, 0.1) is 31.5 Å². The lowest BCUT2D eigenvalue weighted by Crippen LogP contribution is -2.58. The summed E-state index contributed by atoms with van der Waals surface area (Å²) in [6.07, 6.45) is 36.0. The molecule has 11 heteroatoms. The second-order valence-corrected chi connectivity index (χ2v) is 36.1.